The van der Waals surface area contributed by atoms with Crippen molar-refractivity contribution in [2.75, 3.05) is 0 Å². The molecule has 1 rings (SSSR count). The third-order valence-electron chi connectivity index (χ3n) is 1.41. The van der Waals surface area contributed by atoms with Crippen LogP contribution in [0.25, 0.3) is 0 Å². The Morgan fingerprint density at radius 3 is 2.62 bits per heavy atom. The Bertz CT molecular complexity index is 358. The van der Waals surface area contributed by atoms with Gasteiger partial charge in [-0.25, -0.2) is 4.79 Å². The van der Waals surface area contributed by atoms with Gasteiger partial charge in [0, 0.05) is 10.6 Å². The molecule has 0 bridgehead atoms. The van der Waals surface area contributed by atoms with Gasteiger partial charge in [-0.05, 0) is 12.1 Å². The van der Waals surface area contributed by atoms with Crippen LogP contribution in [-0.2, 0) is 4.79 Å². The molecule has 0 aliphatic heterocycles. The summed E-state index contributed by atoms with van der Waals surface area (Å²) in [6, 6.07) is 4.86. The molecule has 0 saturated heterocycles. The summed E-state index contributed by atoms with van der Waals surface area (Å²) in [5.41, 5.74) is 0.772. The number of hydrogen-bond donors (Lipinski definition) is 0. The summed E-state index contributed by atoms with van der Waals surface area (Å²) >= 11 is 17.1. The number of halogens is 3. The Balaban J connectivity index is 3.33. The summed E-state index contributed by atoms with van der Waals surface area (Å²) in [5, 5.41) is 0.381. The predicted octanol–water partition coefficient (Wildman–Crippen LogP) is 3.78. The van der Waals surface area contributed by atoms with Gasteiger partial charge in [-0.3, -0.25) is 0 Å². The first-order valence-electron chi connectivity index (χ1n) is 3.31. The average Bonchev–Trinajstić information content (AvgIpc) is 2.04. The average molecular weight is 236 g/mol. The topological polar surface area (TPSA) is 29.4 Å². The smallest absolute Gasteiger partial charge is 0.211 e. The Hall–Kier alpha value is -0.530. The second-order valence-corrected chi connectivity index (χ2v) is 3.68. The maximum absolute atomic E-state index is 10.0. The number of nitrogens with zero attached hydrogens (tertiary/aromatic N) is 1. The molecule has 0 aromatic heterocycles. The molecule has 0 saturated carbocycles. The zero-order valence-electron chi connectivity index (χ0n) is 6.30. The minimum atomic E-state index is -0.805. The highest BCUT2D eigenvalue weighted by Crippen LogP contribution is 2.37. The molecule has 0 unspecified atom stereocenters. The number of aliphatic imine (C=N–C) groups is 1. The minimum Gasteiger partial charge on any atom is -0.211 e. The van der Waals surface area contributed by atoms with Crippen LogP contribution in [0.1, 0.15) is 10.4 Å². The Kier molecular flexibility index (Phi) is 3.76. The Morgan fingerprint density at radius 2 is 2.08 bits per heavy atom. The molecular weight excluding hydrogens is 232 g/mol. The first-order valence-corrected chi connectivity index (χ1v) is 4.56. The van der Waals surface area contributed by atoms with Crippen molar-refractivity contribution in [2.45, 2.75) is 4.84 Å². The van der Waals surface area contributed by atoms with Gasteiger partial charge >= 0.3 is 0 Å². The number of alkyl halides is 2. The Labute approximate surface area is 90.1 Å². The van der Waals surface area contributed by atoms with Crippen molar-refractivity contribution in [1.82, 2.24) is 0 Å². The highest BCUT2D eigenvalue weighted by molar-refractivity contribution is 6.45. The van der Waals surface area contributed by atoms with Crippen molar-refractivity contribution in [3.8, 4) is 0 Å². The molecule has 0 N–H and O–H groups in total. The van der Waals surface area contributed by atoms with Crippen LogP contribution in [0.3, 0.4) is 0 Å². The SMILES string of the molecule is O=C=Nc1cccc(Cl)c1C(Cl)Cl. The molecule has 1 aromatic carbocycles. The van der Waals surface area contributed by atoms with Gasteiger partial charge in [-0.15, -0.1) is 0 Å². The first kappa shape index (κ1) is 10.6. The van der Waals surface area contributed by atoms with Gasteiger partial charge in [0.25, 0.3) is 0 Å². The molecular formula is C8H4Cl3NO. The van der Waals surface area contributed by atoms with E-state index in [4.69, 9.17) is 34.8 Å². The molecule has 0 radical (unpaired) electrons. The number of isocyanates is 1. The highest BCUT2D eigenvalue weighted by atomic mass is 35.5. The number of hydrogen-bond acceptors (Lipinski definition) is 2. The van der Waals surface area contributed by atoms with Gasteiger partial charge in [-0.2, -0.15) is 4.99 Å². The number of benzene rings is 1. The molecule has 0 aliphatic rings. The molecule has 5 heteroatoms. The van der Waals surface area contributed by atoms with Crippen LogP contribution >= 0.6 is 34.8 Å². The lowest BCUT2D eigenvalue weighted by atomic mass is 10.2. The Morgan fingerprint density at radius 1 is 1.38 bits per heavy atom. The van der Waals surface area contributed by atoms with Crippen molar-refractivity contribution >= 4 is 46.6 Å². The maximum atomic E-state index is 10.0. The lowest BCUT2D eigenvalue weighted by molar-refractivity contribution is 0.565. The van der Waals surface area contributed by atoms with E-state index in [1.807, 2.05) is 0 Å². The number of rotatable bonds is 2. The van der Waals surface area contributed by atoms with E-state index in [9.17, 15) is 4.79 Å². The maximum Gasteiger partial charge on any atom is 0.240 e. The third-order valence-corrected chi connectivity index (χ3v) is 2.18. The second-order valence-electron chi connectivity index (χ2n) is 2.18. The molecule has 0 spiro atoms. The van der Waals surface area contributed by atoms with E-state index in [2.05, 4.69) is 4.99 Å². The van der Waals surface area contributed by atoms with Crippen molar-refractivity contribution in [3.63, 3.8) is 0 Å². The van der Waals surface area contributed by atoms with Gasteiger partial charge < -0.3 is 0 Å². The fraction of sp³-hybridized carbons (Fsp3) is 0.125. The van der Waals surface area contributed by atoms with E-state index in [0.29, 0.717) is 16.3 Å². The molecule has 13 heavy (non-hydrogen) atoms. The van der Waals surface area contributed by atoms with E-state index >= 15 is 0 Å². The quantitative estimate of drug-likeness (QED) is 0.436. The predicted molar refractivity (Wildman–Crippen MR) is 53.7 cm³/mol. The molecule has 0 atom stereocenters. The van der Waals surface area contributed by atoms with Crippen LogP contribution in [0, 0.1) is 0 Å². The van der Waals surface area contributed by atoms with Crippen LogP contribution in [0.15, 0.2) is 23.2 Å². The monoisotopic (exact) mass is 235 g/mol. The van der Waals surface area contributed by atoms with Crippen molar-refractivity contribution in [3.05, 3.63) is 28.8 Å². The summed E-state index contributed by atoms with van der Waals surface area (Å²) in [5.74, 6) is 0. The van der Waals surface area contributed by atoms with Crippen LogP contribution < -0.4 is 0 Å². The van der Waals surface area contributed by atoms with Gasteiger partial charge in [0.1, 0.15) is 4.84 Å². The summed E-state index contributed by atoms with van der Waals surface area (Å²) in [6.07, 6.45) is 1.41. The lowest BCUT2D eigenvalue weighted by Gasteiger charge is -2.06. The first-order chi connectivity index (χ1) is 6.16. The van der Waals surface area contributed by atoms with E-state index in [1.54, 1.807) is 18.2 Å². The standard InChI is InChI=1S/C8H4Cl3NO/c9-5-2-1-3-6(12-4-13)7(5)8(10)11/h1-3,8H. The zero-order valence-corrected chi connectivity index (χ0v) is 8.57. The minimum absolute atomic E-state index is 0.345. The summed E-state index contributed by atoms with van der Waals surface area (Å²) in [6.45, 7) is 0. The molecule has 0 heterocycles. The fourth-order valence-corrected chi connectivity index (χ4v) is 1.74. The van der Waals surface area contributed by atoms with Gasteiger partial charge in [0.15, 0.2) is 0 Å². The summed E-state index contributed by atoms with van der Waals surface area (Å²) in [7, 11) is 0. The molecule has 68 valence electrons. The lowest BCUT2D eigenvalue weighted by Crippen LogP contribution is -1.84. The summed E-state index contributed by atoms with van der Waals surface area (Å²) < 4.78 is 0. The van der Waals surface area contributed by atoms with Crippen molar-refractivity contribution in [2.24, 2.45) is 4.99 Å². The van der Waals surface area contributed by atoms with Gasteiger partial charge in [-0.1, -0.05) is 40.9 Å². The van der Waals surface area contributed by atoms with Crippen molar-refractivity contribution in [1.29, 1.82) is 0 Å². The second kappa shape index (κ2) is 4.64. The zero-order chi connectivity index (χ0) is 9.84. The van der Waals surface area contributed by atoms with Crippen LogP contribution in [0.4, 0.5) is 5.69 Å². The highest BCUT2D eigenvalue weighted by Gasteiger charge is 2.13. The molecule has 1 aromatic rings. The van der Waals surface area contributed by atoms with Crippen LogP contribution in [0.2, 0.25) is 5.02 Å². The molecule has 0 aliphatic carbocycles. The van der Waals surface area contributed by atoms with Crippen LogP contribution in [0.5, 0.6) is 0 Å². The normalized spacial score (nSPS) is 9.85. The summed E-state index contributed by atoms with van der Waals surface area (Å²) in [4.78, 5) is 12.7. The van der Waals surface area contributed by atoms with E-state index in [1.165, 1.54) is 6.08 Å². The third kappa shape index (κ3) is 2.45. The largest absolute Gasteiger partial charge is 0.240 e. The van der Waals surface area contributed by atoms with Crippen molar-refractivity contribution < 1.29 is 4.79 Å². The number of carbonyl (C=O) groups excluding carboxylic acids is 1. The van der Waals surface area contributed by atoms with E-state index in [0.717, 1.165) is 0 Å². The van der Waals surface area contributed by atoms with Gasteiger partial charge in [0.05, 0.1) is 5.69 Å². The van der Waals surface area contributed by atoms with Gasteiger partial charge in [0.2, 0.25) is 6.08 Å². The fourth-order valence-electron chi connectivity index (χ4n) is 0.888. The molecule has 0 amide bonds. The molecule has 2 nitrogen and oxygen atoms in total. The van der Waals surface area contributed by atoms with E-state index in [-0.39, 0.29) is 0 Å². The van der Waals surface area contributed by atoms with E-state index < -0.39 is 4.84 Å². The van der Waals surface area contributed by atoms with Crippen LogP contribution in [-0.4, -0.2) is 6.08 Å². The molecule has 0 fully saturated rings.